The third kappa shape index (κ3) is 4.01. The Morgan fingerprint density at radius 3 is 2.71 bits per heavy atom. The van der Waals surface area contributed by atoms with E-state index < -0.39 is 0 Å². The lowest BCUT2D eigenvalue weighted by molar-refractivity contribution is -0.127. The Morgan fingerprint density at radius 2 is 1.95 bits per heavy atom. The van der Waals surface area contributed by atoms with Gasteiger partial charge in [-0.2, -0.15) is 0 Å². The molecule has 1 amide bonds. The molecule has 3 rings (SSSR count). The van der Waals surface area contributed by atoms with Gasteiger partial charge in [-0.3, -0.25) is 4.79 Å². The number of carbonyl (C=O) groups excluding carboxylic acids is 1. The van der Waals surface area contributed by atoms with Crippen LogP contribution >= 0.6 is 11.8 Å². The van der Waals surface area contributed by atoms with Gasteiger partial charge in [-0.25, -0.2) is 0 Å². The number of hydrogen-bond donors (Lipinski definition) is 1. The Morgan fingerprint density at radius 1 is 1.19 bits per heavy atom. The highest BCUT2D eigenvalue weighted by Crippen LogP contribution is 2.28. The summed E-state index contributed by atoms with van der Waals surface area (Å²) in [5, 5.41) is 4.04. The second-order valence-corrected chi connectivity index (χ2v) is 7.29. The maximum Gasteiger partial charge on any atom is 0.232 e. The van der Waals surface area contributed by atoms with Crippen molar-refractivity contribution in [2.75, 3.05) is 31.9 Å². The van der Waals surface area contributed by atoms with E-state index in [1.54, 1.807) is 0 Å². The van der Waals surface area contributed by atoms with Crippen LogP contribution < -0.4 is 5.32 Å². The average Bonchev–Trinajstić information content (AvgIpc) is 3.04. The summed E-state index contributed by atoms with van der Waals surface area (Å²) in [4.78, 5) is 14.4. The lowest BCUT2D eigenvalue weighted by Crippen LogP contribution is -2.33. The summed E-state index contributed by atoms with van der Waals surface area (Å²) in [7, 11) is 0. The molecular formula is C17H24N2OS. The molecule has 21 heavy (non-hydrogen) atoms. The lowest BCUT2D eigenvalue weighted by Gasteiger charge is -2.23. The van der Waals surface area contributed by atoms with E-state index in [1.165, 1.54) is 18.4 Å². The van der Waals surface area contributed by atoms with Crippen molar-refractivity contribution in [3.8, 4) is 0 Å². The predicted octanol–water partition coefficient (Wildman–Crippen LogP) is 2.49. The van der Waals surface area contributed by atoms with Crippen LogP contribution in [-0.4, -0.2) is 48.0 Å². The number of likely N-dealkylation sites (tertiary alicyclic amines) is 1. The second-order valence-electron chi connectivity index (χ2n) is 6.00. The van der Waals surface area contributed by atoms with E-state index in [9.17, 15) is 4.79 Å². The molecule has 2 aliphatic heterocycles. The largest absolute Gasteiger partial charge is 0.341 e. The predicted molar refractivity (Wildman–Crippen MR) is 88.7 cm³/mol. The fourth-order valence-electron chi connectivity index (χ4n) is 3.23. The molecule has 1 unspecified atom stereocenters. The standard InChI is InChI=1S/C17H24N2OS/c20-17(13-21-16-6-9-18-10-7-16)19-11-8-15(12-19)14-4-2-1-3-5-14/h1-5,15-16,18H,6-13H2. The third-order valence-corrected chi connectivity index (χ3v) is 5.90. The van der Waals surface area contributed by atoms with Crippen LogP contribution in [0.25, 0.3) is 0 Å². The van der Waals surface area contributed by atoms with Gasteiger partial charge in [-0.05, 0) is 37.9 Å². The Labute approximate surface area is 131 Å². The molecule has 2 heterocycles. The van der Waals surface area contributed by atoms with Crippen molar-refractivity contribution in [3.05, 3.63) is 35.9 Å². The SMILES string of the molecule is O=C(CSC1CCNCC1)N1CCC(c2ccccc2)C1. The van der Waals surface area contributed by atoms with Gasteiger partial charge < -0.3 is 10.2 Å². The van der Waals surface area contributed by atoms with Crippen LogP contribution in [0.1, 0.15) is 30.7 Å². The molecule has 1 aromatic carbocycles. The first-order valence-electron chi connectivity index (χ1n) is 7.98. The summed E-state index contributed by atoms with van der Waals surface area (Å²) in [6.45, 7) is 4.03. The van der Waals surface area contributed by atoms with E-state index in [0.29, 0.717) is 22.8 Å². The number of benzene rings is 1. The Kier molecular flexibility index (Phi) is 5.20. The molecule has 4 heteroatoms. The van der Waals surface area contributed by atoms with Gasteiger partial charge in [0.15, 0.2) is 0 Å². The molecule has 3 nitrogen and oxygen atoms in total. The van der Waals surface area contributed by atoms with Crippen LogP contribution in [-0.2, 0) is 4.79 Å². The number of nitrogens with zero attached hydrogens (tertiary/aromatic N) is 1. The zero-order valence-electron chi connectivity index (χ0n) is 12.5. The van der Waals surface area contributed by atoms with Crippen LogP contribution in [0.15, 0.2) is 30.3 Å². The van der Waals surface area contributed by atoms with Crippen LogP contribution in [0, 0.1) is 0 Å². The van der Waals surface area contributed by atoms with Crippen molar-refractivity contribution in [3.63, 3.8) is 0 Å². The molecule has 1 atom stereocenters. The number of rotatable bonds is 4. The number of amides is 1. The van der Waals surface area contributed by atoms with Gasteiger partial charge >= 0.3 is 0 Å². The molecule has 1 N–H and O–H groups in total. The van der Waals surface area contributed by atoms with Crippen molar-refractivity contribution < 1.29 is 4.79 Å². The maximum absolute atomic E-state index is 12.4. The van der Waals surface area contributed by atoms with Gasteiger partial charge in [-0.1, -0.05) is 30.3 Å². The molecule has 0 saturated carbocycles. The molecule has 114 valence electrons. The fraction of sp³-hybridized carbons (Fsp3) is 0.588. The molecule has 2 fully saturated rings. The summed E-state index contributed by atoms with van der Waals surface area (Å²) < 4.78 is 0. The lowest BCUT2D eigenvalue weighted by atomic mass is 9.99. The van der Waals surface area contributed by atoms with E-state index in [2.05, 4.69) is 40.5 Å². The van der Waals surface area contributed by atoms with Crippen LogP contribution in [0.5, 0.6) is 0 Å². The minimum atomic E-state index is 0.331. The van der Waals surface area contributed by atoms with Crippen LogP contribution in [0.3, 0.4) is 0 Å². The molecule has 2 aliphatic rings. The van der Waals surface area contributed by atoms with Crippen molar-refractivity contribution >= 4 is 17.7 Å². The molecule has 1 aromatic rings. The monoisotopic (exact) mass is 304 g/mol. The van der Waals surface area contributed by atoms with Crippen LogP contribution in [0.4, 0.5) is 0 Å². The van der Waals surface area contributed by atoms with Crippen LogP contribution in [0.2, 0.25) is 0 Å². The first-order valence-corrected chi connectivity index (χ1v) is 9.03. The zero-order valence-corrected chi connectivity index (χ0v) is 13.3. The van der Waals surface area contributed by atoms with Crippen molar-refractivity contribution in [1.29, 1.82) is 0 Å². The van der Waals surface area contributed by atoms with Gasteiger partial charge in [0, 0.05) is 24.3 Å². The van der Waals surface area contributed by atoms with Gasteiger partial charge in [0.05, 0.1) is 5.75 Å². The Hall–Kier alpha value is -1.00. The minimum absolute atomic E-state index is 0.331. The topological polar surface area (TPSA) is 32.3 Å². The normalized spacial score (nSPS) is 23.4. The second kappa shape index (κ2) is 7.32. The summed E-state index contributed by atoms with van der Waals surface area (Å²) in [5.74, 6) is 1.52. The zero-order chi connectivity index (χ0) is 14.5. The smallest absolute Gasteiger partial charge is 0.232 e. The van der Waals surface area contributed by atoms with Gasteiger partial charge in [0.25, 0.3) is 0 Å². The molecule has 0 aromatic heterocycles. The highest BCUT2D eigenvalue weighted by Gasteiger charge is 2.27. The fourth-order valence-corrected chi connectivity index (χ4v) is 4.36. The van der Waals surface area contributed by atoms with Gasteiger partial charge in [0.2, 0.25) is 5.91 Å². The minimum Gasteiger partial charge on any atom is -0.341 e. The summed E-state index contributed by atoms with van der Waals surface area (Å²) in [5.41, 5.74) is 1.37. The first kappa shape index (κ1) is 14.9. The molecule has 2 saturated heterocycles. The average molecular weight is 304 g/mol. The quantitative estimate of drug-likeness (QED) is 0.927. The molecule has 0 bridgehead atoms. The van der Waals surface area contributed by atoms with E-state index >= 15 is 0 Å². The van der Waals surface area contributed by atoms with Gasteiger partial charge in [-0.15, -0.1) is 11.8 Å². The number of hydrogen-bond acceptors (Lipinski definition) is 3. The van der Waals surface area contributed by atoms with E-state index in [0.717, 1.165) is 32.6 Å². The highest BCUT2D eigenvalue weighted by atomic mass is 32.2. The number of thioether (sulfide) groups is 1. The Balaban J connectivity index is 1.46. The highest BCUT2D eigenvalue weighted by molar-refractivity contribution is 8.00. The van der Waals surface area contributed by atoms with Crippen molar-refractivity contribution in [2.45, 2.75) is 30.4 Å². The first-order chi connectivity index (χ1) is 10.3. The molecule has 0 aliphatic carbocycles. The maximum atomic E-state index is 12.4. The van der Waals surface area contributed by atoms with Crippen molar-refractivity contribution in [1.82, 2.24) is 10.2 Å². The summed E-state index contributed by atoms with van der Waals surface area (Å²) >= 11 is 1.86. The molecule has 0 spiro atoms. The van der Waals surface area contributed by atoms with E-state index in [1.807, 2.05) is 11.8 Å². The molecule has 0 radical (unpaired) electrons. The van der Waals surface area contributed by atoms with E-state index in [4.69, 9.17) is 0 Å². The third-order valence-electron chi connectivity index (χ3n) is 4.54. The summed E-state index contributed by atoms with van der Waals surface area (Å²) in [6.07, 6.45) is 3.50. The Bertz CT molecular complexity index is 459. The number of piperidine rings is 1. The summed E-state index contributed by atoms with van der Waals surface area (Å²) in [6, 6.07) is 10.6. The van der Waals surface area contributed by atoms with E-state index in [-0.39, 0.29) is 0 Å². The molecular weight excluding hydrogens is 280 g/mol. The number of nitrogens with one attached hydrogen (secondary N) is 1. The number of carbonyl (C=O) groups is 1. The van der Waals surface area contributed by atoms with Crippen molar-refractivity contribution in [2.24, 2.45) is 0 Å². The van der Waals surface area contributed by atoms with Gasteiger partial charge in [0.1, 0.15) is 0 Å².